The van der Waals surface area contributed by atoms with Crippen molar-refractivity contribution < 1.29 is 22.7 Å². The number of nitrogen functional groups attached to an aromatic ring is 1. The van der Waals surface area contributed by atoms with Crippen LogP contribution in [0.25, 0.3) is 16.8 Å². The first-order valence-corrected chi connectivity index (χ1v) is 9.84. The number of anilines is 1. The number of ether oxygens (including phenoxy) is 1. The Kier molecular flexibility index (Phi) is 5.62. The van der Waals surface area contributed by atoms with Gasteiger partial charge >= 0.3 is 6.36 Å². The molecule has 0 bridgehead atoms. The van der Waals surface area contributed by atoms with E-state index in [1.165, 1.54) is 22.7 Å². The third-order valence-electron chi connectivity index (χ3n) is 4.96. The summed E-state index contributed by atoms with van der Waals surface area (Å²) < 4.78 is 43.0. The van der Waals surface area contributed by atoms with Crippen LogP contribution < -0.4 is 15.8 Å². The van der Waals surface area contributed by atoms with Crippen molar-refractivity contribution in [1.29, 1.82) is 0 Å². The number of carbonyl (C=O) groups is 1. The number of amides is 1. The summed E-state index contributed by atoms with van der Waals surface area (Å²) in [4.78, 5) is 21.4. The number of fused-ring (bicyclic) bond motifs is 1. The highest BCUT2D eigenvalue weighted by molar-refractivity contribution is 5.96. The van der Waals surface area contributed by atoms with Gasteiger partial charge in [0, 0.05) is 18.0 Å². The van der Waals surface area contributed by atoms with Crippen molar-refractivity contribution in [3.63, 3.8) is 0 Å². The molecule has 4 rings (SSSR count). The van der Waals surface area contributed by atoms with E-state index in [-0.39, 0.29) is 11.7 Å². The summed E-state index contributed by atoms with van der Waals surface area (Å²) in [5, 5.41) is 6.82. The number of hydrogen-bond acceptors (Lipinski definition) is 6. The Hall–Kier alpha value is -4.15. The van der Waals surface area contributed by atoms with E-state index in [4.69, 9.17) is 5.73 Å². The van der Waals surface area contributed by atoms with Crippen LogP contribution in [0.5, 0.6) is 5.75 Å². The highest BCUT2D eigenvalue weighted by atomic mass is 19.4. The van der Waals surface area contributed by atoms with Gasteiger partial charge in [-0.2, -0.15) is 4.98 Å². The topological polar surface area (TPSA) is 107 Å². The summed E-state index contributed by atoms with van der Waals surface area (Å²) in [6.45, 7) is 3.37. The maximum Gasteiger partial charge on any atom is 0.573 e. The van der Waals surface area contributed by atoms with Crippen molar-refractivity contribution in [2.24, 2.45) is 0 Å². The van der Waals surface area contributed by atoms with Crippen molar-refractivity contribution in [2.45, 2.75) is 26.3 Å². The Balaban J connectivity index is 1.56. The van der Waals surface area contributed by atoms with Gasteiger partial charge in [-0.25, -0.2) is 4.52 Å². The molecule has 1 amide bonds. The molecule has 1 atom stereocenters. The standard InChI is InChI=1S/C22H19F3N6O2/c1-12(14-4-3-5-17(8-14)33-22(23,24)25)28-20(32)18-9-16(11-27-13(18)2)15-6-7-31-19(10-15)29-21(26)30-31/h3-12H,1-2H3,(H2,26,30)(H,28,32). The third-order valence-corrected chi connectivity index (χ3v) is 4.96. The van der Waals surface area contributed by atoms with Gasteiger partial charge in [0.15, 0.2) is 5.65 Å². The van der Waals surface area contributed by atoms with Gasteiger partial charge in [0.2, 0.25) is 5.95 Å². The van der Waals surface area contributed by atoms with Gasteiger partial charge in [-0.05, 0) is 55.3 Å². The number of hydrogen-bond donors (Lipinski definition) is 2. The fourth-order valence-corrected chi connectivity index (χ4v) is 3.34. The van der Waals surface area contributed by atoms with E-state index >= 15 is 0 Å². The predicted molar refractivity (Wildman–Crippen MR) is 114 cm³/mol. The summed E-state index contributed by atoms with van der Waals surface area (Å²) in [6, 6.07) is 10.2. The van der Waals surface area contributed by atoms with E-state index in [1.807, 2.05) is 0 Å². The minimum atomic E-state index is -4.80. The first-order valence-electron chi connectivity index (χ1n) is 9.84. The zero-order valence-electron chi connectivity index (χ0n) is 17.6. The van der Waals surface area contributed by atoms with Crippen LogP contribution in [0, 0.1) is 6.92 Å². The number of halogens is 3. The lowest BCUT2D eigenvalue weighted by Crippen LogP contribution is -2.27. The number of nitrogens with two attached hydrogens (primary N) is 1. The zero-order chi connectivity index (χ0) is 23.8. The van der Waals surface area contributed by atoms with Gasteiger partial charge in [-0.1, -0.05) is 12.1 Å². The van der Waals surface area contributed by atoms with E-state index in [2.05, 4.69) is 25.1 Å². The van der Waals surface area contributed by atoms with Gasteiger partial charge in [0.05, 0.1) is 17.3 Å². The Morgan fingerprint density at radius 1 is 1.18 bits per heavy atom. The summed E-state index contributed by atoms with van der Waals surface area (Å²) in [7, 11) is 0. The first kappa shape index (κ1) is 22.1. The molecular formula is C22H19F3N6O2. The summed E-state index contributed by atoms with van der Waals surface area (Å²) in [5.74, 6) is -0.623. The molecule has 1 unspecified atom stereocenters. The average molecular weight is 456 g/mol. The molecule has 0 fully saturated rings. The van der Waals surface area contributed by atoms with Gasteiger partial charge < -0.3 is 15.8 Å². The molecular weight excluding hydrogens is 437 g/mol. The molecule has 0 spiro atoms. The van der Waals surface area contributed by atoms with Gasteiger partial charge in [0.25, 0.3) is 5.91 Å². The molecule has 3 heterocycles. The molecule has 0 saturated heterocycles. The number of alkyl halides is 3. The van der Waals surface area contributed by atoms with E-state index in [0.717, 1.165) is 5.56 Å². The molecule has 1 aromatic carbocycles. The predicted octanol–water partition coefficient (Wildman–Crippen LogP) is 4.07. The van der Waals surface area contributed by atoms with Crippen LogP contribution >= 0.6 is 0 Å². The van der Waals surface area contributed by atoms with Gasteiger partial charge in [-0.3, -0.25) is 9.78 Å². The Morgan fingerprint density at radius 2 is 1.97 bits per heavy atom. The maximum atomic E-state index is 13.0. The van der Waals surface area contributed by atoms with E-state index in [0.29, 0.717) is 28.0 Å². The maximum absolute atomic E-state index is 13.0. The molecule has 33 heavy (non-hydrogen) atoms. The Labute approximate surface area is 186 Å². The number of rotatable bonds is 5. The average Bonchev–Trinajstić information content (AvgIpc) is 3.12. The number of aromatic nitrogens is 4. The molecule has 0 aliphatic carbocycles. The lowest BCUT2D eigenvalue weighted by atomic mass is 10.0. The lowest BCUT2D eigenvalue weighted by Gasteiger charge is -2.17. The van der Waals surface area contributed by atoms with Crippen LogP contribution in [0.4, 0.5) is 19.1 Å². The molecule has 0 aliphatic heterocycles. The highest BCUT2D eigenvalue weighted by Gasteiger charge is 2.31. The smallest absolute Gasteiger partial charge is 0.406 e. The summed E-state index contributed by atoms with van der Waals surface area (Å²) >= 11 is 0. The number of benzene rings is 1. The Bertz CT molecular complexity index is 1340. The van der Waals surface area contributed by atoms with Crippen molar-refractivity contribution >= 4 is 17.5 Å². The van der Waals surface area contributed by atoms with Crippen LogP contribution in [0.15, 0.2) is 54.9 Å². The summed E-state index contributed by atoms with van der Waals surface area (Å²) in [6.07, 6.45) is -1.46. The zero-order valence-corrected chi connectivity index (χ0v) is 17.6. The SMILES string of the molecule is Cc1ncc(-c2ccn3nc(N)nc3c2)cc1C(=O)NC(C)c1cccc(OC(F)(F)F)c1. The van der Waals surface area contributed by atoms with Gasteiger partial charge in [0.1, 0.15) is 5.75 Å². The quantitative estimate of drug-likeness (QED) is 0.469. The molecule has 0 saturated carbocycles. The highest BCUT2D eigenvalue weighted by Crippen LogP contribution is 2.26. The summed E-state index contributed by atoms with van der Waals surface area (Å²) in [5.41, 5.74) is 8.92. The van der Waals surface area contributed by atoms with Gasteiger partial charge in [-0.15, -0.1) is 18.3 Å². The third kappa shape index (κ3) is 5.03. The van der Waals surface area contributed by atoms with Crippen LogP contribution in [0.1, 0.15) is 34.6 Å². The second kappa shape index (κ2) is 8.41. The molecule has 0 aliphatic rings. The molecule has 4 aromatic rings. The first-order chi connectivity index (χ1) is 15.6. The second-order valence-electron chi connectivity index (χ2n) is 7.36. The number of nitrogens with one attached hydrogen (secondary N) is 1. The normalized spacial score (nSPS) is 12.5. The molecule has 8 nitrogen and oxygen atoms in total. The molecule has 3 aromatic heterocycles. The van der Waals surface area contributed by atoms with Crippen molar-refractivity contribution in [3.05, 3.63) is 71.7 Å². The molecule has 170 valence electrons. The van der Waals surface area contributed by atoms with Crippen molar-refractivity contribution in [2.75, 3.05) is 5.73 Å². The fraction of sp³-hybridized carbons (Fsp3) is 0.182. The van der Waals surface area contributed by atoms with E-state index in [1.54, 1.807) is 50.5 Å². The van der Waals surface area contributed by atoms with E-state index < -0.39 is 18.3 Å². The molecule has 3 N–H and O–H groups in total. The number of carbonyl (C=O) groups excluding carboxylic acids is 1. The van der Waals surface area contributed by atoms with Crippen molar-refractivity contribution in [3.8, 4) is 16.9 Å². The van der Waals surface area contributed by atoms with Crippen LogP contribution in [-0.2, 0) is 0 Å². The Morgan fingerprint density at radius 3 is 2.73 bits per heavy atom. The van der Waals surface area contributed by atoms with Crippen LogP contribution in [-0.4, -0.2) is 31.9 Å². The minimum absolute atomic E-state index is 0.146. The molecule has 11 heteroatoms. The fourth-order valence-electron chi connectivity index (χ4n) is 3.34. The number of nitrogens with zero attached hydrogens (tertiary/aromatic N) is 4. The van der Waals surface area contributed by atoms with Crippen LogP contribution in [0.3, 0.4) is 0 Å². The molecule has 0 radical (unpaired) electrons. The monoisotopic (exact) mass is 456 g/mol. The van der Waals surface area contributed by atoms with E-state index in [9.17, 15) is 18.0 Å². The lowest BCUT2D eigenvalue weighted by molar-refractivity contribution is -0.274. The minimum Gasteiger partial charge on any atom is -0.406 e. The number of pyridine rings is 2. The largest absolute Gasteiger partial charge is 0.573 e. The van der Waals surface area contributed by atoms with Crippen molar-refractivity contribution in [1.82, 2.24) is 24.9 Å². The number of aryl methyl sites for hydroxylation is 1. The second-order valence-corrected chi connectivity index (χ2v) is 7.36. The van der Waals surface area contributed by atoms with Crippen LogP contribution in [0.2, 0.25) is 0 Å².